The van der Waals surface area contributed by atoms with E-state index in [1.165, 1.54) is 35.2 Å². The number of hydrogen-bond acceptors (Lipinski definition) is 6. The summed E-state index contributed by atoms with van der Waals surface area (Å²) >= 11 is 2.77. The molecular weight excluding hydrogens is 246 g/mol. The van der Waals surface area contributed by atoms with Gasteiger partial charge in [0.2, 0.25) is 0 Å². The van der Waals surface area contributed by atoms with E-state index >= 15 is 0 Å². The summed E-state index contributed by atoms with van der Waals surface area (Å²) < 4.78 is 0.773. The van der Waals surface area contributed by atoms with Gasteiger partial charge in [-0.15, -0.1) is 10.2 Å². The molecule has 0 bridgehead atoms. The average molecular weight is 253 g/mol. The number of nitrogen functional groups attached to an aromatic ring is 1. The van der Waals surface area contributed by atoms with E-state index in [0.717, 1.165) is 9.24 Å². The fourth-order valence-electron chi connectivity index (χ4n) is 1.08. The molecule has 0 saturated carbocycles. The summed E-state index contributed by atoms with van der Waals surface area (Å²) in [4.78, 5) is 11.5. The second-order valence-electron chi connectivity index (χ2n) is 2.86. The first-order chi connectivity index (χ1) is 7.66. The second-order valence-corrected chi connectivity index (χ2v) is 4.99. The zero-order chi connectivity index (χ0) is 11.5. The van der Waals surface area contributed by atoms with Crippen molar-refractivity contribution in [3.05, 3.63) is 29.3 Å². The van der Waals surface area contributed by atoms with Crippen LogP contribution in [-0.4, -0.2) is 21.3 Å². The predicted octanol–water partition coefficient (Wildman–Crippen LogP) is 1.97. The van der Waals surface area contributed by atoms with Crippen molar-refractivity contribution in [3.8, 4) is 0 Å². The molecule has 0 aliphatic carbocycles. The molecule has 5 nitrogen and oxygen atoms in total. The lowest BCUT2D eigenvalue weighted by Crippen LogP contribution is -1.98. The normalized spacial score (nSPS) is 10.2. The standard InChI is InChI=1S/C9H7N3O2S2/c10-6-3-5(8(13)14)1-2-7(6)16-9-12-11-4-15-9/h1-4H,10H2,(H,13,14). The third kappa shape index (κ3) is 2.31. The maximum atomic E-state index is 10.7. The van der Waals surface area contributed by atoms with Crippen LogP contribution in [0.3, 0.4) is 0 Å². The summed E-state index contributed by atoms with van der Waals surface area (Å²) in [6.07, 6.45) is 0. The fraction of sp³-hybridized carbons (Fsp3) is 0. The van der Waals surface area contributed by atoms with Crippen LogP contribution < -0.4 is 5.73 Å². The Bertz CT molecular complexity index is 513. The molecule has 0 amide bonds. The van der Waals surface area contributed by atoms with Gasteiger partial charge in [0.15, 0.2) is 4.34 Å². The number of carboxylic acids is 1. The number of carboxylic acid groups (broad SMARTS) is 1. The minimum Gasteiger partial charge on any atom is -0.478 e. The molecular formula is C9H7N3O2S2. The number of carbonyl (C=O) groups is 1. The third-order valence-corrected chi connectivity index (χ3v) is 3.66. The molecule has 0 spiro atoms. The van der Waals surface area contributed by atoms with Crippen LogP contribution in [0.4, 0.5) is 5.69 Å². The first kappa shape index (κ1) is 10.9. The van der Waals surface area contributed by atoms with E-state index in [9.17, 15) is 4.79 Å². The summed E-state index contributed by atoms with van der Waals surface area (Å²) in [7, 11) is 0. The van der Waals surface area contributed by atoms with Gasteiger partial charge in [-0.3, -0.25) is 0 Å². The molecule has 82 valence electrons. The van der Waals surface area contributed by atoms with E-state index in [1.807, 2.05) is 0 Å². The number of aromatic carboxylic acids is 1. The molecule has 0 saturated heterocycles. The number of benzene rings is 1. The quantitative estimate of drug-likeness (QED) is 0.813. The van der Waals surface area contributed by atoms with Crippen LogP contribution in [0.25, 0.3) is 0 Å². The maximum Gasteiger partial charge on any atom is 0.335 e. The van der Waals surface area contributed by atoms with Crippen LogP contribution >= 0.6 is 23.1 Å². The molecule has 3 N–H and O–H groups in total. The molecule has 2 aromatic rings. The number of anilines is 1. The van der Waals surface area contributed by atoms with Crippen LogP contribution in [0.2, 0.25) is 0 Å². The number of nitrogens with two attached hydrogens (primary N) is 1. The SMILES string of the molecule is Nc1cc(C(=O)O)ccc1Sc1nncs1. The minimum absolute atomic E-state index is 0.180. The van der Waals surface area contributed by atoms with Gasteiger partial charge in [-0.05, 0) is 18.2 Å². The van der Waals surface area contributed by atoms with Crippen LogP contribution in [0.5, 0.6) is 0 Å². The largest absolute Gasteiger partial charge is 0.478 e. The van der Waals surface area contributed by atoms with Gasteiger partial charge >= 0.3 is 5.97 Å². The zero-order valence-corrected chi connectivity index (χ0v) is 9.59. The first-order valence-corrected chi connectivity index (χ1v) is 5.93. The number of hydrogen-bond donors (Lipinski definition) is 2. The van der Waals surface area contributed by atoms with Gasteiger partial charge in [0.05, 0.1) is 5.56 Å². The van der Waals surface area contributed by atoms with Crippen LogP contribution in [0, 0.1) is 0 Å². The first-order valence-electron chi connectivity index (χ1n) is 4.23. The Morgan fingerprint density at radius 3 is 2.88 bits per heavy atom. The highest BCUT2D eigenvalue weighted by molar-refractivity contribution is 8.01. The molecule has 1 aromatic carbocycles. The topological polar surface area (TPSA) is 89.1 Å². The van der Waals surface area contributed by atoms with E-state index in [2.05, 4.69) is 10.2 Å². The maximum absolute atomic E-state index is 10.7. The Hall–Kier alpha value is -1.60. The fourth-order valence-corrected chi connectivity index (χ4v) is 2.53. The smallest absolute Gasteiger partial charge is 0.335 e. The third-order valence-electron chi connectivity index (χ3n) is 1.79. The lowest BCUT2D eigenvalue weighted by Gasteiger charge is -2.03. The van der Waals surface area contributed by atoms with Gasteiger partial charge in [0.25, 0.3) is 0 Å². The zero-order valence-electron chi connectivity index (χ0n) is 7.95. The molecule has 0 unspecified atom stereocenters. The van der Waals surface area contributed by atoms with Crippen molar-refractivity contribution >= 4 is 34.8 Å². The molecule has 0 fully saturated rings. The van der Waals surface area contributed by atoms with Crippen LogP contribution in [-0.2, 0) is 0 Å². The Balaban J connectivity index is 2.26. The summed E-state index contributed by atoms with van der Waals surface area (Å²) in [5, 5.41) is 16.4. The number of nitrogens with zero attached hydrogens (tertiary/aromatic N) is 2. The molecule has 2 rings (SSSR count). The Kier molecular flexibility index (Phi) is 3.07. The van der Waals surface area contributed by atoms with Gasteiger partial charge in [0, 0.05) is 10.6 Å². The van der Waals surface area contributed by atoms with Crippen LogP contribution in [0.1, 0.15) is 10.4 Å². The van der Waals surface area contributed by atoms with Crippen molar-refractivity contribution in [2.75, 3.05) is 5.73 Å². The predicted molar refractivity (Wildman–Crippen MR) is 61.8 cm³/mol. The number of rotatable bonds is 3. The summed E-state index contributed by atoms with van der Waals surface area (Å²) in [5.74, 6) is -0.987. The van der Waals surface area contributed by atoms with E-state index in [0.29, 0.717) is 5.69 Å². The van der Waals surface area contributed by atoms with Gasteiger partial charge in [0.1, 0.15) is 5.51 Å². The van der Waals surface area contributed by atoms with Gasteiger partial charge < -0.3 is 10.8 Å². The molecule has 0 radical (unpaired) electrons. The molecule has 0 aliphatic rings. The van der Waals surface area contributed by atoms with Crippen molar-refractivity contribution in [3.63, 3.8) is 0 Å². The van der Waals surface area contributed by atoms with Crippen LogP contribution in [0.15, 0.2) is 32.9 Å². The molecule has 1 heterocycles. The molecule has 16 heavy (non-hydrogen) atoms. The lowest BCUT2D eigenvalue weighted by molar-refractivity contribution is 0.0697. The number of aromatic nitrogens is 2. The Labute approximate surface area is 99.3 Å². The molecule has 1 aromatic heterocycles. The second kappa shape index (κ2) is 4.50. The van der Waals surface area contributed by atoms with Gasteiger partial charge in [-0.25, -0.2) is 4.79 Å². The highest BCUT2D eigenvalue weighted by Gasteiger charge is 2.08. The molecule has 0 atom stereocenters. The highest BCUT2D eigenvalue weighted by atomic mass is 32.2. The highest BCUT2D eigenvalue weighted by Crippen LogP contribution is 2.33. The van der Waals surface area contributed by atoms with Gasteiger partial charge in [-0.2, -0.15) is 0 Å². The summed E-state index contributed by atoms with van der Waals surface area (Å²) in [6.45, 7) is 0. The monoisotopic (exact) mass is 253 g/mol. The molecule has 7 heteroatoms. The van der Waals surface area contributed by atoms with Crippen molar-refractivity contribution in [1.29, 1.82) is 0 Å². The van der Waals surface area contributed by atoms with Crippen molar-refractivity contribution in [2.45, 2.75) is 9.24 Å². The summed E-state index contributed by atoms with van der Waals surface area (Å²) in [5.41, 5.74) is 7.99. The van der Waals surface area contributed by atoms with E-state index in [1.54, 1.807) is 11.6 Å². The van der Waals surface area contributed by atoms with Crippen molar-refractivity contribution in [1.82, 2.24) is 10.2 Å². The van der Waals surface area contributed by atoms with Crippen molar-refractivity contribution in [2.24, 2.45) is 0 Å². The Morgan fingerprint density at radius 2 is 2.31 bits per heavy atom. The Morgan fingerprint density at radius 1 is 1.50 bits per heavy atom. The van der Waals surface area contributed by atoms with E-state index in [4.69, 9.17) is 10.8 Å². The molecule has 0 aliphatic heterocycles. The summed E-state index contributed by atoms with van der Waals surface area (Å²) in [6, 6.07) is 4.62. The van der Waals surface area contributed by atoms with E-state index in [-0.39, 0.29) is 5.56 Å². The minimum atomic E-state index is -0.987. The van der Waals surface area contributed by atoms with E-state index < -0.39 is 5.97 Å². The van der Waals surface area contributed by atoms with Crippen molar-refractivity contribution < 1.29 is 9.90 Å². The lowest BCUT2D eigenvalue weighted by atomic mass is 10.2. The van der Waals surface area contributed by atoms with Gasteiger partial charge in [-0.1, -0.05) is 23.1 Å². The average Bonchev–Trinajstić information content (AvgIpc) is 2.73.